The van der Waals surface area contributed by atoms with E-state index in [4.69, 9.17) is 0 Å². The molecule has 4 nitrogen and oxygen atoms in total. The van der Waals surface area contributed by atoms with Crippen LogP contribution >= 0.6 is 0 Å². The topological polar surface area (TPSA) is 35.6 Å². The summed E-state index contributed by atoms with van der Waals surface area (Å²) in [5.74, 6) is 1.78. The molecule has 0 fully saturated rings. The molecule has 4 rings (SSSR count). The predicted octanol–water partition coefficient (Wildman–Crippen LogP) is 3.84. The van der Waals surface area contributed by atoms with Gasteiger partial charge in [-0.3, -0.25) is 0 Å². The second kappa shape index (κ2) is 6.54. The minimum absolute atomic E-state index is 0.786. The largest absolute Gasteiger partial charge is 0.324 e. The summed E-state index contributed by atoms with van der Waals surface area (Å²) in [6.07, 6.45) is 7.67. The third kappa shape index (κ3) is 2.99. The molecule has 0 saturated heterocycles. The maximum Gasteiger partial charge on any atom is 0.176 e. The number of nitrogens with zero attached hydrogens (tertiary/aromatic N) is 4. The monoisotopic (exact) mass is 314 g/mol. The molecule has 0 aliphatic rings. The van der Waals surface area contributed by atoms with E-state index in [1.165, 1.54) is 11.1 Å². The second-order valence-corrected chi connectivity index (χ2v) is 5.73. The van der Waals surface area contributed by atoms with E-state index in [1.807, 2.05) is 36.9 Å². The van der Waals surface area contributed by atoms with Gasteiger partial charge in [0, 0.05) is 37.9 Å². The number of imidazole rings is 2. The smallest absolute Gasteiger partial charge is 0.176 e. The van der Waals surface area contributed by atoms with Gasteiger partial charge in [0.05, 0.1) is 0 Å². The number of hydrogen-bond acceptors (Lipinski definition) is 2. The molecule has 2 aromatic carbocycles. The molecule has 0 bridgehead atoms. The fraction of sp³-hybridized carbons (Fsp3) is 0.100. The van der Waals surface area contributed by atoms with Crippen molar-refractivity contribution in [2.45, 2.75) is 13.1 Å². The highest BCUT2D eigenvalue weighted by Crippen LogP contribution is 2.18. The molecular formula is C20H18N4. The van der Waals surface area contributed by atoms with Crippen LogP contribution in [-0.2, 0) is 13.1 Å². The lowest BCUT2D eigenvalue weighted by Gasteiger charge is -2.10. The highest BCUT2D eigenvalue weighted by molar-refractivity contribution is 5.45. The van der Waals surface area contributed by atoms with Crippen molar-refractivity contribution < 1.29 is 0 Å². The van der Waals surface area contributed by atoms with E-state index in [-0.39, 0.29) is 0 Å². The van der Waals surface area contributed by atoms with Gasteiger partial charge in [0.25, 0.3) is 0 Å². The standard InChI is InChI=1S/C20H18N4/c1-3-7-17(8-4-1)15-23-13-11-21-19(23)20-22-12-14-24(20)16-18-9-5-2-6-10-18/h1-14H,15-16H2. The molecule has 0 unspecified atom stereocenters. The Bertz CT molecular complexity index is 829. The summed E-state index contributed by atoms with van der Waals surface area (Å²) >= 11 is 0. The Morgan fingerprint density at radius 3 is 1.42 bits per heavy atom. The van der Waals surface area contributed by atoms with Crippen molar-refractivity contribution in [1.82, 2.24) is 19.1 Å². The van der Waals surface area contributed by atoms with Crippen LogP contribution in [0.2, 0.25) is 0 Å². The van der Waals surface area contributed by atoms with Gasteiger partial charge in [0.2, 0.25) is 0 Å². The van der Waals surface area contributed by atoms with Crippen molar-refractivity contribution in [3.8, 4) is 11.6 Å². The maximum atomic E-state index is 4.54. The predicted molar refractivity (Wildman–Crippen MR) is 94.5 cm³/mol. The number of rotatable bonds is 5. The number of hydrogen-bond donors (Lipinski definition) is 0. The first-order chi connectivity index (χ1) is 11.9. The molecule has 24 heavy (non-hydrogen) atoms. The molecule has 0 radical (unpaired) electrons. The lowest BCUT2D eigenvalue weighted by molar-refractivity contribution is 0.760. The summed E-state index contributed by atoms with van der Waals surface area (Å²) in [6, 6.07) is 20.8. The van der Waals surface area contributed by atoms with Gasteiger partial charge in [0.15, 0.2) is 11.6 Å². The first-order valence-electron chi connectivity index (χ1n) is 8.00. The minimum Gasteiger partial charge on any atom is -0.324 e. The van der Waals surface area contributed by atoms with Crippen LogP contribution in [0.5, 0.6) is 0 Å². The van der Waals surface area contributed by atoms with Crippen LogP contribution in [0.25, 0.3) is 11.6 Å². The van der Waals surface area contributed by atoms with Crippen molar-refractivity contribution in [2.24, 2.45) is 0 Å². The lowest BCUT2D eigenvalue weighted by Crippen LogP contribution is -2.07. The summed E-state index contributed by atoms with van der Waals surface area (Å²) in [4.78, 5) is 9.07. The van der Waals surface area contributed by atoms with Gasteiger partial charge in [-0.2, -0.15) is 0 Å². The highest BCUT2D eigenvalue weighted by atomic mass is 15.2. The van der Waals surface area contributed by atoms with Gasteiger partial charge in [-0.05, 0) is 11.1 Å². The third-order valence-electron chi connectivity index (χ3n) is 4.02. The maximum absolute atomic E-state index is 4.54. The molecule has 2 aromatic heterocycles. The van der Waals surface area contributed by atoms with Gasteiger partial charge < -0.3 is 9.13 Å². The molecule has 2 heterocycles. The Labute approximate surface area is 141 Å². The van der Waals surface area contributed by atoms with E-state index >= 15 is 0 Å². The fourth-order valence-electron chi connectivity index (χ4n) is 2.85. The average Bonchev–Trinajstić information content (AvgIpc) is 3.26. The van der Waals surface area contributed by atoms with E-state index < -0.39 is 0 Å². The van der Waals surface area contributed by atoms with E-state index in [1.54, 1.807) is 0 Å². The molecule has 0 amide bonds. The molecule has 0 atom stereocenters. The van der Waals surface area contributed by atoms with Crippen molar-refractivity contribution >= 4 is 0 Å². The quantitative estimate of drug-likeness (QED) is 0.561. The molecule has 4 aromatic rings. The average molecular weight is 314 g/mol. The Morgan fingerprint density at radius 1 is 0.583 bits per heavy atom. The van der Waals surface area contributed by atoms with Crippen LogP contribution < -0.4 is 0 Å². The summed E-state index contributed by atoms with van der Waals surface area (Å²) in [5.41, 5.74) is 2.50. The van der Waals surface area contributed by atoms with Crippen molar-refractivity contribution in [3.63, 3.8) is 0 Å². The first kappa shape index (κ1) is 14.5. The minimum atomic E-state index is 0.786. The summed E-state index contributed by atoms with van der Waals surface area (Å²) in [5, 5.41) is 0. The highest BCUT2D eigenvalue weighted by Gasteiger charge is 2.12. The molecule has 0 aliphatic carbocycles. The zero-order chi connectivity index (χ0) is 16.2. The zero-order valence-electron chi connectivity index (χ0n) is 13.3. The van der Waals surface area contributed by atoms with Crippen LogP contribution in [0.4, 0.5) is 0 Å². The van der Waals surface area contributed by atoms with Gasteiger partial charge in [-0.25, -0.2) is 9.97 Å². The van der Waals surface area contributed by atoms with E-state index in [9.17, 15) is 0 Å². The van der Waals surface area contributed by atoms with E-state index in [2.05, 4.69) is 67.6 Å². The Morgan fingerprint density at radius 2 is 1.00 bits per heavy atom. The lowest BCUT2D eigenvalue weighted by atomic mass is 10.2. The molecule has 118 valence electrons. The van der Waals surface area contributed by atoms with Crippen molar-refractivity contribution in [2.75, 3.05) is 0 Å². The molecular weight excluding hydrogens is 296 g/mol. The van der Waals surface area contributed by atoms with Crippen molar-refractivity contribution in [1.29, 1.82) is 0 Å². The summed E-state index contributed by atoms with van der Waals surface area (Å²) in [7, 11) is 0. The molecule has 0 aliphatic heterocycles. The van der Waals surface area contributed by atoms with E-state index in [0.29, 0.717) is 0 Å². The number of benzene rings is 2. The van der Waals surface area contributed by atoms with Crippen LogP contribution in [0, 0.1) is 0 Å². The van der Waals surface area contributed by atoms with Crippen molar-refractivity contribution in [3.05, 3.63) is 96.6 Å². The summed E-state index contributed by atoms with van der Waals surface area (Å²) in [6.45, 7) is 1.57. The molecule has 4 heteroatoms. The van der Waals surface area contributed by atoms with Crippen LogP contribution in [0.1, 0.15) is 11.1 Å². The van der Waals surface area contributed by atoms with Gasteiger partial charge in [-0.15, -0.1) is 0 Å². The zero-order valence-corrected chi connectivity index (χ0v) is 13.3. The SMILES string of the molecule is c1ccc(Cn2ccnc2-c2nccn2Cc2ccccc2)cc1. The fourth-order valence-corrected chi connectivity index (χ4v) is 2.85. The van der Waals surface area contributed by atoms with Crippen LogP contribution in [0.15, 0.2) is 85.5 Å². The van der Waals surface area contributed by atoms with Crippen LogP contribution in [-0.4, -0.2) is 19.1 Å². The second-order valence-electron chi connectivity index (χ2n) is 5.73. The Balaban J connectivity index is 1.64. The van der Waals surface area contributed by atoms with Crippen LogP contribution in [0.3, 0.4) is 0 Å². The molecule has 0 saturated carbocycles. The number of aromatic nitrogens is 4. The Kier molecular flexibility index (Phi) is 3.94. The normalized spacial score (nSPS) is 10.8. The van der Waals surface area contributed by atoms with E-state index in [0.717, 1.165) is 24.7 Å². The van der Waals surface area contributed by atoms with Gasteiger partial charge in [-0.1, -0.05) is 60.7 Å². The van der Waals surface area contributed by atoms with Gasteiger partial charge in [0.1, 0.15) is 0 Å². The Hall–Kier alpha value is -3.14. The molecule has 0 N–H and O–H groups in total. The summed E-state index contributed by atoms with van der Waals surface area (Å²) < 4.78 is 4.28. The molecule has 0 spiro atoms. The third-order valence-corrected chi connectivity index (χ3v) is 4.02. The first-order valence-corrected chi connectivity index (χ1v) is 8.00. The van der Waals surface area contributed by atoms with Gasteiger partial charge >= 0.3 is 0 Å².